The SMILES string of the molecule is CC1(C)CC(Nc2nnc(Cc3ccccc3)s2)C(C)(C)O1. The number of ether oxygens (including phenoxy) is 1. The van der Waals surface area contributed by atoms with Crippen LogP contribution in [-0.2, 0) is 11.2 Å². The maximum atomic E-state index is 6.12. The van der Waals surface area contributed by atoms with Gasteiger partial charge in [-0.15, -0.1) is 10.2 Å². The molecule has 0 bridgehead atoms. The largest absolute Gasteiger partial charge is 0.367 e. The van der Waals surface area contributed by atoms with Crippen LogP contribution in [-0.4, -0.2) is 27.4 Å². The van der Waals surface area contributed by atoms with Crippen LogP contribution >= 0.6 is 11.3 Å². The first-order valence-electron chi connectivity index (χ1n) is 7.67. The maximum Gasteiger partial charge on any atom is 0.206 e. The van der Waals surface area contributed by atoms with Gasteiger partial charge in [0, 0.05) is 6.42 Å². The van der Waals surface area contributed by atoms with E-state index in [-0.39, 0.29) is 17.2 Å². The summed E-state index contributed by atoms with van der Waals surface area (Å²) in [5.74, 6) is 0. The van der Waals surface area contributed by atoms with Crippen molar-refractivity contribution in [1.82, 2.24) is 10.2 Å². The van der Waals surface area contributed by atoms with Crippen LogP contribution in [0.5, 0.6) is 0 Å². The van der Waals surface area contributed by atoms with Crippen LogP contribution in [0.3, 0.4) is 0 Å². The Morgan fingerprint density at radius 3 is 2.55 bits per heavy atom. The molecule has 0 spiro atoms. The van der Waals surface area contributed by atoms with Crippen molar-refractivity contribution in [2.45, 2.75) is 57.8 Å². The summed E-state index contributed by atoms with van der Waals surface area (Å²) in [5.41, 5.74) is 0.962. The van der Waals surface area contributed by atoms with Crippen LogP contribution in [0.4, 0.5) is 5.13 Å². The van der Waals surface area contributed by atoms with E-state index in [4.69, 9.17) is 4.74 Å². The molecule has 2 heterocycles. The van der Waals surface area contributed by atoms with Crippen LogP contribution in [0.15, 0.2) is 30.3 Å². The topological polar surface area (TPSA) is 47.0 Å². The molecule has 22 heavy (non-hydrogen) atoms. The minimum atomic E-state index is -0.200. The van der Waals surface area contributed by atoms with Crippen LogP contribution in [0.25, 0.3) is 0 Å². The number of hydrogen-bond donors (Lipinski definition) is 1. The molecule has 0 aliphatic carbocycles. The molecular weight excluding hydrogens is 294 g/mol. The minimum absolute atomic E-state index is 0.0985. The number of nitrogens with zero attached hydrogens (tertiary/aromatic N) is 2. The van der Waals surface area contributed by atoms with Crippen LogP contribution in [0.2, 0.25) is 0 Å². The average molecular weight is 317 g/mol. The summed E-state index contributed by atoms with van der Waals surface area (Å²) in [6.07, 6.45) is 1.80. The third-order valence-corrected chi connectivity index (χ3v) is 4.89. The summed E-state index contributed by atoms with van der Waals surface area (Å²) in [7, 11) is 0. The van der Waals surface area contributed by atoms with Gasteiger partial charge in [0.2, 0.25) is 5.13 Å². The van der Waals surface area contributed by atoms with Gasteiger partial charge in [-0.1, -0.05) is 41.7 Å². The molecule has 1 N–H and O–H groups in total. The summed E-state index contributed by atoms with van der Waals surface area (Å²) >= 11 is 1.63. The van der Waals surface area contributed by atoms with Crippen molar-refractivity contribution in [2.75, 3.05) is 5.32 Å². The monoisotopic (exact) mass is 317 g/mol. The minimum Gasteiger partial charge on any atom is -0.367 e. The highest BCUT2D eigenvalue weighted by molar-refractivity contribution is 7.15. The zero-order chi connectivity index (χ0) is 15.8. The highest BCUT2D eigenvalue weighted by Gasteiger charge is 2.46. The van der Waals surface area contributed by atoms with E-state index in [9.17, 15) is 0 Å². The van der Waals surface area contributed by atoms with Gasteiger partial charge >= 0.3 is 0 Å². The normalized spacial score (nSPS) is 22.6. The smallest absolute Gasteiger partial charge is 0.206 e. The summed E-state index contributed by atoms with van der Waals surface area (Å²) in [6.45, 7) is 8.53. The Labute approximate surface area is 135 Å². The van der Waals surface area contributed by atoms with Crippen molar-refractivity contribution in [2.24, 2.45) is 0 Å². The Morgan fingerprint density at radius 1 is 1.18 bits per heavy atom. The molecule has 1 atom stereocenters. The van der Waals surface area contributed by atoms with Crippen molar-refractivity contribution in [3.05, 3.63) is 40.9 Å². The van der Waals surface area contributed by atoms with Crippen molar-refractivity contribution in [1.29, 1.82) is 0 Å². The number of rotatable bonds is 4. The molecule has 1 fully saturated rings. The van der Waals surface area contributed by atoms with E-state index >= 15 is 0 Å². The van der Waals surface area contributed by atoms with Gasteiger partial charge in [-0.25, -0.2) is 0 Å². The number of nitrogens with one attached hydrogen (secondary N) is 1. The van der Waals surface area contributed by atoms with Crippen LogP contribution < -0.4 is 5.32 Å². The Balaban J connectivity index is 1.67. The number of hydrogen-bond acceptors (Lipinski definition) is 5. The van der Waals surface area contributed by atoms with Crippen molar-refractivity contribution in [3.63, 3.8) is 0 Å². The van der Waals surface area contributed by atoms with Gasteiger partial charge in [0.15, 0.2) is 0 Å². The molecule has 118 valence electrons. The lowest BCUT2D eigenvalue weighted by Gasteiger charge is -2.27. The van der Waals surface area contributed by atoms with E-state index in [0.717, 1.165) is 23.0 Å². The van der Waals surface area contributed by atoms with Crippen LogP contribution in [0, 0.1) is 0 Å². The molecule has 1 aromatic heterocycles. The van der Waals surface area contributed by atoms with Gasteiger partial charge in [0.1, 0.15) is 5.01 Å². The molecule has 1 aromatic carbocycles. The molecule has 2 aromatic rings. The quantitative estimate of drug-likeness (QED) is 0.929. The van der Waals surface area contributed by atoms with Gasteiger partial charge in [-0.2, -0.15) is 0 Å². The third-order valence-electron chi connectivity index (χ3n) is 4.04. The summed E-state index contributed by atoms with van der Waals surface area (Å²) in [4.78, 5) is 0. The summed E-state index contributed by atoms with van der Waals surface area (Å²) in [6, 6.07) is 10.6. The maximum absolute atomic E-state index is 6.12. The summed E-state index contributed by atoms with van der Waals surface area (Å²) in [5, 5.41) is 14.0. The molecule has 5 heteroatoms. The Morgan fingerprint density at radius 2 is 1.91 bits per heavy atom. The molecule has 1 aliphatic rings. The number of benzene rings is 1. The van der Waals surface area contributed by atoms with E-state index in [0.29, 0.717) is 0 Å². The molecule has 0 saturated carbocycles. The third kappa shape index (κ3) is 3.47. The molecule has 1 saturated heterocycles. The average Bonchev–Trinajstić information content (AvgIpc) is 2.93. The first-order chi connectivity index (χ1) is 10.3. The predicted octanol–water partition coefficient (Wildman–Crippen LogP) is 3.89. The fourth-order valence-corrected chi connectivity index (χ4v) is 3.92. The van der Waals surface area contributed by atoms with Gasteiger partial charge in [0.05, 0.1) is 17.2 Å². The standard InChI is InChI=1S/C17H23N3OS/c1-16(2)11-13(17(3,4)21-16)18-15-20-19-14(22-15)10-12-8-6-5-7-9-12/h5-9,13H,10-11H2,1-4H3,(H,18,20). The fraction of sp³-hybridized carbons (Fsp3) is 0.529. The molecule has 1 unspecified atom stereocenters. The second-order valence-electron chi connectivity index (χ2n) is 7.03. The first-order valence-corrected chi connectivity index (χ1v) is 8.49. The van der Waals surface area contributed by atoms with E-state index in [1.807, 2.05) is 6.07 Å². The number of aromatic nitrogens is 2. The molecule has 3 rings (SSSR count). The second kappa shape index (κ2) is 5.63. The van der Waals surface area contributed by atoms with Gasteiger partial charge in [-0.05, 0) is 39.7 Å². The van der Waals surface area contributed by atoms with Gasteiger partial charge in [0.25, 0.3) is 0 Å². The second-order valence-corrected chi connectivity index (χ2v) is 8.09. The Bertz CT molecular complexity index is 636. The lowest BCUT2D eigenvalue weighted by atomic mass is 9.95. The highest BCUT2D eigenvalue weighted by atomic mass is 32.1. The Kier molecular flexibility index (Phi) is 3.95. The van der Waals surface area contributed by atoms with Crippen molar-refractivity contribution < 1.29 is 4.74 Å². The van der Waals surface area contributed by atoms with Gasteiger partial charge in [-0.3, -0.25) is 0 Å². The summed E-state index contributed by atoms with van der Waals surface area (Å²) < 4.78 is 6.12. The zero-order valence-electron chi connectivity index (χ0n) is 13.6. The van der Waals surface area contributed by atoms with Gasteiger partial charge < -0.3 is 10.1 Å². The van der Waals surface area contributed by atoms with E-state index < -0.39 is 0 Å². The highest BCUT2D eigenvalue weighted by Crippen LogP contribution is 2.39. The first kappa shape index (κ1) is 15.4. The molecule has 0 radical (unpaired) electrons. The molecule has 4 nitrogen and oxygen atoms in total. The van der Waals surface area contributed by atoms with E-state index in [1.54, 1.807) is 11.3 Å². The molecule has 0 amide bonds. The molecular formula is C17H23N3OS. The number of anilines is 1. The lowest BCUT2D eigenvalue weighted by molar-refractivity contribution is -0.0662. The lowest BCUT2D eigenvalue weighted by Crippen LogP contribution is -2.38. The van der Waals surface area contributed by atoms with Crippen molar-refractivity contribution >= 4 is 16.5 Å². The Hall–Kier alpha value is -1.46. The van der Waals surface area contributed by atoms with E-state index in [1.165, 1.54) is 5.56 Å². The predicted molar refractivity (Wildman–Crippen MR) is 90.4 cm³/mol. The fourth-order valence-electron chi connectivity index (χ4n) is 3.09. The van der Waals surface area contributed by atoms with Crippen molar-refractivity contribution in [3.8, 4) is 0 Å². The molecule has 1 aliphatic heterocycles. The van der Waals surface area contributed by atoms with Crippen LogP contribution in [0.1, 0.15) is 44.7 Å². The zero-order valence-corrected chi connectivity index (χ0v) is 14.4. The van der Waals surface area contributed by atoms with E-state index in [2.05, 4.69) is 67.5 Å².